The molecule has 0 saturated carbocycles. The summed E-state index contributed by atoms with van der Waals surface area (Å²) < 4.78 is 33.7. The van der Waals surface area contributed by atoms with E-state index in [2.05, 4.69) is 3.82 Å². The Morgan fingerprint density at radius 2 is 1.88 bits per heavy atom. The van der Waals surface area contributed by atoms with Crippen LogP contribution in [0, 0.1) is 0 Å². The van der Waals surface area contributed by atoms with Crippen LogP contribution in [0.5, 0.6) is 0 Å². The Morgan fingerprint density at radius 1 is 1.38 bits per heavy atom. The molecular formula is C2H4KMnO4. The van der Waals surface area contributed by atoms with E-state index in [0.29, 0.717) is 49.0 Å². The van der Waals surface area contributed by atoms with Crippen LogP contribution in [0.1, 0.15) is 0 Å². The second kappa shape index (κ2) is 4.35. The summed E-state index contributed by atoms with van der Waals surface area (Å²) in [5.41, 5.74) is 0. The Hall–Kier alpha value is 1.52. The molecular weight excluding hydrogens is 182 g/mol. The van der Waals surface area contributed by atoms with Gasteiger partial charge in [-0.05, 0) is 0 Å². The van der Waals surface area contributed by atoms with Gasteiger partial charge >= 0.3 is 84.4 Å². The molecule has 0 unspecified atom stereocenters. The molecule has 0 aliphatic carbocycles. The van der Waals surface area contributed by atoms with Crippen molar-refractivity contribution >= 4 is 49.0 Å². The molecule has 0 N–H and O–H groups in total. The minimum absolute atomic E-state index is 0.0868. The molecule has 0 saturated heterocycles. The Bertz CT molecular complexity index is 171. The average molecular weight is 186 g/mol. The Labute approximate surface area is 82.7 Å². The van der Waals surface area contributed by atoms with E-state index >= 15 is 0 Å². The average Bonchev–Trinajstić information content (AvgIpc) is 1.59. The van der Waals surface area contributed by atoms with Crippen molar-refractivity contribution in [3.63, 3.8) is 0 Å². The standard InChI is InChI=1S/C2H4O.K.Mn.3O/c1-2-3;;;;;/h1-2H2;;;;;/q-1;;+1;;;. The fourth-order valence-corrected chi connectivity index (χ4v) is 1.70. The maximum atomic E-state index is 9.69. The summed E-state index contributed by atoms with van der Waals surface area (Å²) in [4.78, 5) is 0. The van der Waals surface area contributed by atoms with Crippen LogP contribution in [0.4, 0.5) is 0 Å². The van der Waals surface area contributed by atoms with Crippen molar-refractivity contribution in [2.45, 2.75) is 0.515 Å². The normalized spacial score (nSPS) is 11.8. The van der Waals surface area contributed by atoms with Crippen LogP contribution in [0.25, 0.3) is 0 Å². The van der Waals surface area contributed by atoms with Crippen molar-refractivity contribution in [3.05, 3.63) is 0 Å². The van der Waals surface area contributed by atoms with Crippen molar-refractivity contribution in [2.75, 3.05) is 6.61 Å². The third kappa shape index (κ3) is 7.52. The van der Waals surface area contributed by atoms with Gasteiger partial charge in [-0.2, -0.15) is 0 Å². The molecule has 0 amide bonds. The monoisotopic (exact) mass is 186 g/mol. The van der Waals surface area contributed by atoms with Gasteiger partial charge in [-0.25, -0.2) is 0 Å². The summed E-state index contributed by atoms with van der Waals surface area (Å²) in [6.07, 6.45) is 0. The maximum absolute atomic E-state index is 9.69. The van der Waals surface area contributed by atoms with E-state index in [9.17, 15) is 11.5 Å². The summed E-state index contributed by atoms with van der Waals surface area (Å²) in [5.74, 6) is 0. The second-order valence-corrected chi connectivity index (χ2v) is 4.27. The van der Waals surface area contributed by atoms with Gasteiger partial charge in [0.25, 0.3) is 0 Å². The van der Waals surface area contributed by atoms with Crippen molar-refractivity contribution in [2.24, 2.45) is 0 Å². The van der Waals surface area contributed by atoms with Crippen LogP contribution in [0.15, 0.2) is 0 Å². The molecule has 0 spiro atoms. The number of rotatable bonds is 3. The van der Waals surface area contributed by atoms with E-state index < -0.39 is 13.0 Å². The van der Waals surface area contributed by atoms with Crippen LogP contribution in [-0.4, -0.2) is 55.6 Å². The predicted molar refractivity (Wildman–Crippen MR) is 18.6 cm³/mol. The molecule has 44 valence electrons. The summed E-state index contributed by atoms with van der Waals surface area (Å²) in [5, 5.41) is 0. The Morgan fingerprint density at radius 3 is 2.00 bits per heavy atom. The Kier molecular flexibility index (Phi) is 5.17. The van der Waals surface area contributed by atoms with Crippen LogP contribution < -0.4 is 0 Å². The fraction of sp³-hybridized carbons (Fsp3) is 1.00. The molecule has 0 aliphatic rings. The van der Waals surface area contributed by atoms with Gasteiger partial charge in [0.05, 0.1) is 0 Å². The molecule has 0 aromatic rings. The first-order chi connectivity index (χ1) is 3.56. The van der Waals surface area contributed by atoms with Crippen LogP contribution in [0.3, 0.4) is 0 Å². The van der Waals surface area contributed by atoms with Gasteiger partial charge in [0.1, 0.15) is 0 Å². The molecule has 0 radical (unpaired) electrons. The van der Waals surface area contributed by atoms with Gasteiger partial charge in [0.15, 0.2) is 0 Å². The molecule has 0 atom stereocenters. The second-order valence-electron chi connectivity index (χ2n) is 1.19. The van der Waals surface area contributed by atoms with Gasteiger partial charge in [-0.3, -0.25) is 0 Å². The van der Waals surface area contributed by atoms with Crippen molar-refractivity contribution in [3.8, 4) is 0 Å². The molecule has 6 heteroatoms. The first-order valence-corrected chi connectivity index (χ1v) is 6.25. The Balaban J connectivity index is 3.60. The molecule has 0 rings (SSSR count). The molecule has 0 fully saturated rings. The van der Waals surface area contributed by atoms with Gasteiger partial charge in [-0.1, -0.05) is 0 Å². The first-order valence-electron chi connectivity index (χ1n) is 2.11. The van der Waals surface area contributed by atoms with E-state index in [4.69, 9.17) is 0 Å². The van der Waals surface area contributed by atoms with E-state index in [-0.39, 0.29) is 6.61 Å². The van der Waals surface area contributed by atoms with Gasteiger partial charge < -0.3 is 0 Å². The van der Waals surface area contributed by atoms with Gasteiger partial charge in [-0.15, -0.1) is 0 Å². The minimum atomic E-state index is -4.91. The van der Waals surface area contributed by atoms with E-state index in [0.717, 1.165) is 0.515 Å². The zero-order chi connectivity index (χ0) is 6.62. The quantitative estimate of drug-likeness (QED) is 0.567. The molecule has 8 heavy (non-hydrogen) atoms. The molecule has 0 bridgehead atoms. The van der Waals surface area contributed by atoms with Crippen LogP contribution in [-0.2, 0) is 28.3 Å². The van der Waals surface area contributed by atoms with Crippen molar-refractivity contribution in [1.82, 2.24) is 0 Å². The van der Waals surface area contributed by atoms with Crippen LogP contribution >= 0.6 is 0 Å². The topological polar surface area (TPSA) is 60.4 Å². The summed E-state index contributed by atoms with van der Waals surface area (Å²) in [7, 11) is 0. The third-order valence-electron chi connectivity index (χ3n) is 0.415. The van der Waals surface area contributed by atoms with Crippen molar-refractivity contribution in [1.29, 1.82) is 0 Å². The first kappa shape index (κ1) is 9.52. The summed E-state index contributed by atoms with van der Waals surface area (Å²) in [6.45, 7) is 0.0868. The van der Waals surface area contributed by atoms with E-state index in [1.807, 2.05) is 0 Å². The predicted octanol–water partition coefficient (Wildman–Crippen LogP) is -0.305. The SMILES string of the molecule is [O]=[Mn](=[O])(=[O])[O]C[CH2][K]. The molecule has 4 nitrogen and oxygen atoms in total. The van der Waals surface area contributed by atoms with E-state index in [1.54, 1.807) is 0 Å². The van der Waals surface area contributed by atoms with Crippen LogP contribution in [0.2, 0.25) is 0.515 Å². The molecule has 0 aliphatic heterocycles. The zero-order valence-corrected chi connectivity index (χ0v) is 8.73. The fourth-order valence-electron chi connectivity index (χ4n) is 0.172. The summed E-state index contributed by atoms with van der Waals surface area (Å²) >= 11 is -4.35. The van der Waals surface area contributed by atoms with Gasteiger partial charge in [0.2, 0.25) is 0 Å². The molecule has 0 heterocycles. The summed E-state index contributed by atoms with van der Waals surface area (Å²) in [6, 6.07) is 0. The number of hydrogen-bond acceptors (Lipinski definition) is 4. The van der Waals surface area contributed by atoms with E-state index in [1.165, 1.54) is 0 Å². The molecule has 0 aromatic heterocycles. The van der Waals surface area contributed by atoms with Gasteiger partial charge in [0, 0.05) is 0 Å². The molecule has 0 aromatic carbocycles. The zero-order valence-electron chi connectivity index (χ0n) is 4.43. The number of hydrogen-bond donors (Lipinski definition) is 0. The third-order valence-corrected chi connectivity index (χ3v) is 1.71. The van der Waals surface area contributed by atoms with Crippen molar-refractivity contribution < 1.29 is 28.3 Å².